The van der Waals surface area contributed by atoms with Crippen LogP contribution in [0.2, 0.25) is 0 Å². The number of ether oxygens (including phenoxy) is 1. The van der Waals surface area contributed by atoms with Gasteiger partial charge in [0.2, 0.25) is 0 Å². The largest absolute Gasteiger partial charge is 0.424 e. The highest BCUT2D eigenvalue weighted by molar-refractivity contribution is 7.98. The molecule has 1 heterocycles. The zero-order valence-electron chi connectivity index (χ0n) is 14.8. The van der Waals surface area contributed by atoms with Gasteiger partial charge in [-0.15, -0.1) is 11.8 Å². The minimum atomic E-state index is -0.191. The number of carbonyl (C=O) groups excluding carboxylic acids is 1. The van der Waals surface area contributed by atoms with Crippen molar-refractivity contribution in [3.05, 3.63) is 71.5 Å². The first-order chi connectivity index (χ1) is 12.6. The lowest BCUT2D eigenvalue weighted by atomic mass is 10.2. The summed E-state index contributed by atoms with van der Waals surface area (Å²) in [4.78, 5) is 22.3. The average molecular weight is 365 g/mol. The van der Waals surface area contributed by atoms with E-state index in [4.69, 9.17) is 4.74 Å². The van der Waals surface area contributed by atoms with E-state index in [1.54, 1.807) is 23.9 Å². The predicted molar refractivity (Wildman–Crippen MR) is 104 cm³/mol. The SMILES string of the molecule is CSc1ccc(C(=O)Nc2c(C)nc(Oc3ccccc3)nc2C)cc1. The molecule has 0 bridgehead atoms. The van der Waals surface area contributed by atoms with Gasteiger partial charge in [0.05, 0.1) is 17.1 Å². The molecule has 6 heteroatoms. The molecule has 2 aromatic carbocycles. The molecular formula is C20H19N3O2S. The fourth-order valence-corrected chi connectivity index (χ4v) is 2.84. The van der Waals surface area contributed by atoms with E-state index in [0.717, 1.165) is 4.90 Å². The maximum absolute atomic E-state index is 12.5. The third-order valence-corrected chi connectivity index (χ3v) is 4.54. The van der Waals surface area contributed by atoms with Gasteiger partial charge in [-0.25, -0.2) is 0 Å². The molecule has 0 spiro atoms. The number of rotatable bonds is 5. The summed E-state index contributed by atoms with van der Waals surface area (Å²) in [6.45, 7) is 3.64. The Hall–Kier alpha value is -2.86. The molecule has 0 aliphatic heterocycles. The van der Waals surface area contributed by atoms with E-state index in [2.05, 4.69) is 15.3 Å². The summed E-state index contributed by atoms with van der Waals surface area (Å²) in [7, 11) is 0. The Morgan fingerprint density at radius 2 is 1.58 bits per heavy atom. The third-order valence-electron chi connectivity index (χ3n) is 3.79. The molecule has 132 valence electrons. The van der Waals surface area contributed by atoms with Crippen molar-refractivity contribution in [1.82, 2.24) is 9.97 Å². The number of aromatic nitrogens is 2. The summed E-state index contributed by atoms with van der Waals surface area (Å²) in [5, 5.41) is 2.90. The molecule has 0 saturated carbocycles. The highest BCUT2D eigenvalue weighted by Gasteiger charge is 2.14. The first kappa shape index (κ1) is 17.9. The van der Waals surface area contributed by atoms with Crippen LogP contribution < -0.4 is 10.1 Å². The Morgan fingerprint density at radius 1 is 0.962 bits per heavy atom. The first-order valence-corrected chi connectivity index (χ1v) is 9.33. The van der Waals surface area contributed by atoms with Crippen LogP contribution in [-0.2, 0) is 0 Å². The fourth-order valence-electron chi connectivity index (χ4n) is 2.43. The van der Waals surface area contributed by atoms with Crippen LogP contribution in [-0.4, -0.2) is 22.1 Å². The normalized spacial score (nSPS) is 10.4. The monoisotopic (exact) mass is 365 g/mol. The summed E-state index contributed by atoms with van der Waals surface area (Å²) >= 11 is 1.63. The quantitative estimate of drug-likeness (QED) is 0.654. The second kappa shape index (κ2) is 8.01. The molecule has 0 saturated heterocycles. The molecule has 3 aromatic rings. The molecule has 0 fully saturated rings. The lowest BCUT2D eigenvalue weighted by Crippen LogP contribution is -2.15. The Bertz CT molecular complexity index is 889. The number of nitrogens with one attached hydrogen (secondary N) is 1. The molecule has 0 unspecified atom stereocenters. The van der Waals surface area contributed by atoms with Crippen LogP contribution in [0.3, 0.4) is 0 Å². The molecule has 5 nitrogen and oxygen atoms in total. The molecule has 1 aromatic heterocycles. The van der Waals surface area contributed by atoms with Gasteiger partial charge in [0, 0.05) is 10.5 Å². The van der Waals surface area contributed by atoms with Crippen molar-refractivity contribution in [1.29, 1.82) is 0 Å². The van der Waals surface area contributed by atoms with Crippen molar-refractivity contribution in [2.24, 2.45) is 0 Å². The van der Waals surface area contributed by atoms with E-state index in [1.165, 1.54) is 0 Å². The maximum atomic E-state index is 12.5. The van der Waals surface area contributed by atoms with Crippen LogP contribution in [0.5, 0.6) is 11.8 Å². The zero-order valence-corrected chi connectivity index (χ0v) is 15.6. The summed E-state index contributed by atoms with van der Waals surface area (Å²) < 4.78 is 5.67. The maximum Gasteiger partial charge on any atom is 0.322 e. The molecule has 1 amide bonds. The molecule has 0 radical (unpaired) electrons. The van der Waals surface area contributed by atoms with Gasteiger partial charge in [-0.3, -0.25) is 4.79 Å². The van der Waals surface area contributed by atoms with E-state index < -0.39 is 0 Å². The number of carbonyl (C=O) groups is 1. The van der Waals surface area contributed by atoms with Crippen LogP contribution in [0.25, 0.3) is 0 Å². The number of amides is 1. The summed E-state index contributed by atoms with van der Waals surface area (Å²) in [6, 6.07) is 17.1. The van der Waals surface area contributed by atoms with Crippen molar-refractivity contribution < 1.29 is 9.53 Å². The van der Waals surface area contributed by atoms with Gasteiger partial charge < -0.3 is 10.1 Å². The molecular weight excluding hydrogens is 346 g/mol. The van der Waals surface area contributed by atoms with Crippen molar-refractivity contribution in [2.45, 2.75) is 18.7 Å². The summed E-state index contributed by atoms with van der Waals surface area (Å²) in [5.74, 6) is 0.473. The molecule has 1 N–H and O–H groups in total. The van der Waals surface area contributed by atoms with Crippen LogP contribution in [0.1, 0.15) is 21.7 Å². The molecule has 26 heavy (non-hydrogen) atoms. The fraction of sp³-hybridized carbons (Fsp3) is 0.150. The van der Waals surface area contributed by atoms with Crippen molar-refractivity contribution in [3.63, 3.8) is 0 Å². The second-order valence-corrected chi connectivity index (χ2v) is 6.53. The van der Waals surface area contributed by atoms with Crippen LogP contribution >= 0.6 is 11.8 Å². The van der Waals surface area contributed by atoms with Crippen LogP contribution in [0, 0.1) is 13.8 Å². The Balaban J connectivity index is 1.78. The minimum absolute atomic E-state index is 0.191. The average Bonchev–Trinajstić information content (AvgIpc) is 2.65. The van der Waals surface area contributed by atoms with Gasteiger partial charge in [-0.2, -0.15) is 9.97 Å². The van der Waals surface area contributed by atoms with Gasteiger partial charge in [0.1, 0.15) is 5.75 Å². The third kappa shape index (κ3) is 4.21. The number of anilines is 1. The van der Waals surface area contributed by atoms with Crippen LogP contribution in [0.15, 0.2) is 59.5 Å². The number of aryl methyl sites for hydroxylation is 2. The number of benzene rings is 2. The highest BCUT2D eigenvalue weighted by Crippen LogP contribution is 2.24. The number of thioether (sulfide) groups is 1. The molecule has 0 atom stereocenters. The minimum Gasteiger partial charge on any atom is -0.424 e. The van der Waals surface area contributed by atoms with E-state index in [0.29, 0.717) is 28.4 Å². The van der Waals surface area contributed by atoms with Gasteiger partial charge in [-0.05, 0) is 56.5 Å². The zero-order chi connectivity index (χ0) is 18.5. The van der Waals surface area contributed by atoms with Gasteiger partial charge in [0.15, 0.2) is 0 Å². The molecule has 0 aliphatic carbocycles. The number of hydrogen-bond donors (Lipinski definition) is 1. The Kier molecular flexibility index (Phi) is 5.53. The van der Waals surface area contributed by atoms with Gasteiger partial charge in [0.25, 0.3) is 5.91 Å². The van der Waals surface area contributed by atoms with Crippen molar-refractivity contribution in [3.8, 4) is 11.8 Å². The topological polar surface area (TPSA) is 64.1 Å². The van der Waals surface area contributed by atoms with E-state index in [1.807, 2.05) is 62.6 Å². The highest BCUT2D eigenvalue weighted by atomic mass is 32.2. The number of para-hydroxylation sites is 1. The van der Waals surface area contributed by atoms with E-state index in [-0.39, 0.29) is 11.9 Å². The van der Waals surface area contributed by atoms with E-state index in [9.17, 15) is 4.79 Å². The van der Waals surface area contributed by atoms with E-state index >= 15 is 0 Å². The van der Waals surface area contributed by atoms with Crippen molar-refractivity contribution in [2.75, 3.05) is 11.6 Å². The van der Waals surface area contributed by atoms with Gasteiger partial charge in [-0.1, -0.05) is 18.2 Å². The first-order valence-electron chi connectivity index (χ1n) is 8.10. The number of hydrogen-bond acceptors (Lipinski definition) is 5. The summed E-state index contributed by atoms with van der Waals surface area (Å²) in [5.41, 5.74) is 2.49. The predicted octanol–water partition coefficient (Wildman–Crippen LogP) is 4.86. The Labute approximate surface area is 156 Å². The molecule has 0 aliphatic rings. The smallest absolute Gasteiger partial charge is 0.322 e. The standard InChI is InChI=1S/C20H19N3O2S/c1-13-18(23-19(24)15-9-11-17(26-3)12-10-15)14(2)22-20(21-13)25-16-7-5-4-6-8-16/h4-12H,1-3H3,(H,23,24). The van der Waals surface area contributed by atoms with Crippen LogP contribution in [0.4, 0.5) is 5.69 Å². The van der Waals surface area contributed by atoms with Gasteiger partial charge >= 0.3 is 6.01 Å². The van der Waals surface area contributed by atoms with Crippen molar-refractivity contribution >= 4 is 23.4 Å². The molecule has 3 rings (SSSR count). The summed E-state index contributed by atoms with van der Waals surface area (Å²) in [6.07, 6.45) is 2.00. The Morgan fingerprint density at radius 3 is 2.15 bits per heavy atom. The second-order valence-electron chi connectivity index (χ2n) is 5.65. The number of nitrogens with zero attached hydrogens (tertiary/aromatic N) is 2. The lowest BCUT2D eigenvalue weighted by Gasteiger charge is -2.12. The lowest BCUT2D eigenvalue weighted by molar-refractivity contribution is 0.102.